The highest BCUT2D eigenvalue weighted by Gasteiger charge is 2.31. The number of carbonyl (C=O) groups is 1. The van der Waals surface area contributed by atoms with Crippen LogP contribution in [-0.4, -0.2) is 20.8 Å². The van der Waals surface area contributed by atoms with Crippen molar-refractivity contribution in [2.45, 2.75) is 25.0 Å². The highest BCUT2D eigenvalue weighted by atomic mass is 19.3. The summed E-state index contributed by atoms with van der Waals surface area (Å²) in [6.07, 6.45) is -2.99. The monoisotopic (exact) mass is 307 g/mol. The predicted molar refractivity (Wildman–Crippen MR) is 74.4 cm³/mol. The largest absolute Gasteiger partial charge is 0.388 e. The van der Waals surface area contributed by atoms with E-state index in [0.717, 1.165) is 21.9 Å². The first-order chi connectivity index (χ1) is 10.5. The Kier molecular flexibility index (Phi) is 3.66. The lowest BCUT2D eigenvalue weighted by molar-refractivity contribution is 0.0915. The summed E-state index contributed by atoms with van der Waals surface area (Å²) in [4.78, 5) is 12.3. The van der Waals surface area contributed by atoms with E-state index < -0.39 is 24.1 Å². The lowest BCUT2D eigenvalue weighted by Gasteiger charge is -2.13. The van der Waals surface area contributed by atoms with Crippen molar-refractivity contribution in [3.8, 4) is 0 Å². The average Bonchev–Trinajstić information content (AvgIpc) is 3.01. The fourth-order valence-corrected chi connectivity index (χ4v) is 2.79. The van der Waals surface area contributed by atoms with E-state index >= 15 is 0 Å². The third-order valence-electron chi connectivity index (χ3n) is 3.85. The molecule has 1 aliphatic carbocycles. The molecule has 2 N–H and O–H groups in total. The van der Waals surface area contributed by atoms with Crippen LogP contribution in [-0.2, 0) is 7.05 Å². The van der Waals surface area contributed by atoms with Gasteiger partial charge in [-0.2, -0.15) is 5.10 Å². The molecule has 2 unspecified atom stereocenters. The molecule has 1 aliphatic rings. The van der Waals surface area contributed by atoms with Crippen molar-refractivity contribution in [1.29, 1.82) is 0 Å². The minimum absolute atomic E-state index is 0.0640. The molecule has 0 bridgehead atoms. The second-order valence-electron chi connectivity index (χ2n) is 5.29. The smallest absolute Gasteiger partial charge is 0.282 e. The first-order valence-electron chi connectivity index (χ1n) is 6.87. The van der Waals surface area contributed by atoms with Crippen LogP contribution in [0.4, 0.5) is 8.78 Å². The van der Waals surface area contributed by atoms with E-state index in [1.165, 1.54) is 7.05 Å². The van der Waals surface area contributed by atoms with Gasteiger partial charge in [0.05, 0.1) is 12.1 Å². The average molecular weight is 307 g/mol. The van der Waals surface area contributed by atoms with Crippen molar-refractivity contribution in [2.75, 3.05) is 0 Å². The zero-order chi connectivity index (χ0) is 15.9. The highest BCUT2D eigenvalue weighted by molar-refractivity contribution is 5.93. The van der Waals surface area contributed by atoms with Gasteiger partial charge in [-0.15, -0.1) is 0 Å². The number of nitrogens with zero attached hydrogens (tertiary/aromatic N) is 2. The molecule has 0 aliphatic heterocycles. The summed E-state index contributed by atoms with van der Waals surface area (Å²) in [6.45, 7) is 0. The first kappa shape index (κ1) is 14.6. The van der Waals surface area contributed by atoms with Crippen molar-refractivity contribution in [3.05, 3.63) is 52.8 Å². The molecule has 3 rings (SSSR count). The lowest BCUT2D eigenvalue weighted by Crippen LogP contribution is -2.29. The molecule has 0 fully saturated rings. The molecule has 1 aromatic heterocycles. The van der Waals surface area contributed by atoms with Crippen LogP contribution in [0.1, 0.15) is 52.3 Å². The van der Waals surface area contributed by atoms with Crippen LogP contribution >= 0.6 is 0 Å². The van der Waals surface area contributed by atoms with E-state index in [9.17, 15) is 18.7 Å². The molecule has 1 heterocycles. The van der Waals surface area contributed by atoms with E-state index in [-0.39, 0.29) is 11.7 Å². The number of benzene rings is 1. The Hall–Kier alpha value is -2.28. The van der Waals surface area contributed by atoms with Crippen LogP contribution in [0.25, 0.3) is 0 Å². The number of carbonyl (C=O) groups excluding carboxylic acids is 1. The van der Waals surface area contributed by atoms with Gasteiger partial charge in [0.1, 0.15) is 11.4 Å². The van der Waals surface area contributed by atoms with Crippen molar-refractivity contribution in [2.24, 2.45) is 7.05 Å². The molecule has 0 radical (unpaired) electrons. The van der Waals surface area contributed by atoms with Crippen molar-refractivity contribution < 1.29 is 18.7 Å². The number of amides is 1. The van der Waals surface area contributed by atoms with Gasteiger partial charge in [0.15, 0.2) is 0 Å². The maximum atomic E-state index is 12.6. The molecule has 0 saturated heterocycles. The van der Waals surface area contributed by atoms with Gasteiger partial charge in [-0.25, -0.2) is 8.78 Å². The summed E-state index contributed by atoms with van der Waals surface area (Å²) < 4.78 is 26.4. The van der Waals surface area contributed by atoms with Gasteiger partial charge < -0.3 is 10.4 Å². The summed E-state index contributed by atoms with van der Waals surface area (Å²) in [5.74, 6) is -0.490. The van der Waals surface area contributed by atoms with E-state index in [1.807, 2.05) is 24.3 Å². The SMILES string of the molecule is Cn1nc(C(F)F)cc1C(=O)NC1CC(O)c2ccccc21. The maximum Gasteiger partial charge on any atom is 0.282 e. The van der Waals surface area contributed by atoms with E-state index in [1.54, 1.807) is 0 Å². The van der Waals surface area contributed by atoms with Gasteiger partial charge in [-0.05, 0) is 17.2 Å². The Labute approximate surface area is 125 Å². The fraction of sp³-hybridized carbons (Fsp3) is 0.333. The van der Waals surface area contributed by atoms with E-state index in [2.05, 4.69) is 10.4 Å². The van der Waals surface area contributed by atoms with Gasteiger partial charge in [0.25, 0.3) is 12.3 Å². The number of aliphatic hydroxyl groups is 1. The van der Waals surface area contributed by atoms with Crippen LogP contribution in [0, 0.1) is 0 Å². The molecule has 5 nitrogen and oxygen atoms in total. The van der Waals surface area contributed by atoms with Crippen molar-refractivity contribution in [1.82, 2.24) is 15.1 Å². The van der Waals surface area contributed by atoms with E-state index in [0.29, 0.717) is 6.42 Å². The molecule has 1 amide bonds. The summed E-state index contributed by atoms with van der Waals surface area (Å²) in [6, 6.07) is 8.04. The number of aliphatic hydroxyl groups excluding tert-OH is 1. The number of halogens is 2. The minimum Gasteiger partial charge on any atom is -0.388 e. The van der Waals surface area contributed by atoms with Crippen LogP contribution in [0.15, 0.2) is 30.3 Å². The molecule has 1 aromatic carbocycles. The van der Waals surface area contributed by atoms with Gasteiger partial charge in [0, 0.05) is 13.5 Å². The van der Waals surface area contributed by atoms with Crippen LogP contribution in [0.5, 0.6) is 0 Å². The Balaban J connectivity index is 1.81. The molecular weight excluding hydrogens is 292 g/mol. The van der Waals surface area contributed by atoms with Crippen LogP contribution in [0.2, 0.25) is 0 Å². The van der Waals surface area contributed by atoms with Crippen molar-refractivity contribution in [3.63, 3.8) is 0 Å². The van der Waals surface area contributed by atoms with Crippen LogP contribution < -0.4 is 5.32 Å². The summed E-state index contributed by atoms with van der Waals surface area (Å²) >= 11 is 0. The molecular formula is C15H15F2N3O2. The number of aromatic nitrogens is 2. The predicted octanol–water partition coefficient (Wildman–Crippen LogP) is 2.27. The topological polar surface area (TPSA) is 67.2 Å². The van der Waals surface area contributed by atoms with Gasteiger partial charge in [-0.3, -0.25) is 9.48 Å². The number of hydrogen-bond acceptors (Lipinski definition) is 3. The molecule has 7 heteroatoms. The Morgan fingerprint density at radius 1 is 1.41 bits per heavy atom. The number of fused-ring (bicyclic) bond motifs is 1. The summed E-state index contributed by atoms with van der Waals surface area (Å²) in [7, 11) is 1.44. The zero-order valence-electron chi connectivity index (χ0n) is 11.8. The van der Waals surface area contributed by atoms with Crippen LogP contribution in [0.3, 0.4) is 0 Å². The summed E-state index contributed by atoms with van der Waals surface area (Å²) in [5, 5.41) is 16.4. The molecule has 116 valence electrons. The lowest BCUT2D eigenvalue weighted by atomic mass is 10.1. The summed E-state index contributed by atoms with van der Waals surface area (Å²) in [5.41, 5.74) is 1.26. The van der Waals surface area contributed by atoms with Gasteiger partial charge >= 0.3 is 0 Å². The normalized spacial score (nSPS) is 20.2. The maximum absolute atomic E-state index is 12.6. The number of nitrogens with one attached hydrogen (secondary N) is 1. The van der Waals surface area contributed by atoms with Gasteiger partial charge in [-0.1, -0.05) is 24.3 Å². The molecule has 2 aromatic rings. The fourth-order valence-electron chi connectivity index (χ4n) is 2.79. The number of aryl methyl sites for hydroxylation is 1. The second kappa shape index (κ2) is 5.49. The number of alkyl halides is 2. The Morgan fingerprint density at radius 3 is 2.73 bits per heavy atom. The third kappa shape index (κ3) is 2.48. The molecule has 0 spiro atoms. The zero-order valence-corrected chi connectivity index (χ0v) is 11.8. The Bertz CT molecular complexity index is 715. The van der Waals surface area contributed by atoms with Crippen molar-refractivity contribution >= 4 is 5.91 Å². The Morgan fingerprint density at radius 2 is 2.09 bits per heavy atom. The highest BCUT2D eigenvalue weighted by Crippen LogP contribution is 2.38. The standard InChI is InChI=1S/C15H15F2N3O2/c1-20-12(6-11(19-20)14(16)17)15(22)18-10-7-13(21)9-5-3-2-4-8(9)10/h2-6,10,13-14,21H,7H2,1H3,(H,18,22). The minimum atomic E-state index is -2.72. The third-order valence-corrected chi connectivity index (χ3v) is 3.85. The molecule has 2 atom stereocenters. The molecule has 22 heavy (non-hydrogen) atoms. The van der Waals surface area contributed by atoms with Gasteiger partial charge in [0.2, 0.25) is 0 Å². The first-order valence-corrected chi connectivity index (χ1v) is 6.87. The number of rotatable bonds is 3. The number of hydrogen-bond donors (Lipinski definition) is 2. The quantitative estimate of drug-likeness (QED) is 0.914. The van der Waals surface area contributed by atoms with E-state index in [4.69, 9.17) is 0 Å². The second-order valence-corrected chi connectivity index (χ2v) is 5.29. The molecule has 0 saturated carbocycles.